The Morgan fingerprint density at radius 2 is 2.10 bits per heavy atom. The number of nitrogens with one attached hydrogen (secondary N) is 1. The van der Waals surface area contributed by atoms with Crippen LogP contribution in [-0.4, -0.2) is 49.7 Å². The Hall–Kier alpha value is -0.610. The lowest BCUT2D eigenvalue weighted by Crippen LogP contribution is -2.50. The van der Waals surface area contributed by atoms with Gasteiger partial charge in [0.25, 0.3) is 0 Å². The summed E-state index contributed by atoms with van der Waals surface area (Å²) in [4.78, 5) is 14.5. The van der Waals surface area contributed by atoms with Crippen LogP contribution in [0.25, 0.3) is 0 Å². The summed E-state index contributed by atoms with van der Waals surface area (Å²) in [5, 5.41) is 3.27. The monoisotopic (exact) mass is 298 g/mol. The molecule has 4 nitrogen and oxygen atoms in total. The number of hydrogen-bond donors (Lipinski definition) is 1. The van der Waals surface area contributed by atoms with Gasteiger partial charge in [-0.3, -0.25) is 4.79 Å². The van der Waals surface area contributed by atoms with Gasteiger partial charge in [-0.15, -0.1) is 0 Å². The van der Waals surface area contributed by atoms with Crippen molar-refractivity contribution in [1.29, 1.82) is 0 Å². The van der Waals surface area contributed by atoms with Crippen LogP contribution < -0.4 is 5.32 Å². The molecule has 0 bridgehead atoms. The molecule has 21 heavy (non-hydrogen) atoms. The largest absolute Gasteiger partial charge is 0.468 e. The number of likely N-dealkylation sites (N-methyl/N-ethyl adjacent to an activating group) is 1. The van der Waals surface area contributed by atoms with Crippen molar-refractivity contribution in [2.24, 2.45) is 5.41 Å². The highest BCUT2D eigenvalue weighted by molar-refractivity contribution is 5.80. The molecule has 1 unspecified atom stereocenters. The number of ether oxygens (including phenoxy) is 1. The topological polar surface area (TPSA) is 41.6 Å². The number of rotatable bonds is 8. The summed E-state index contributed by atoms with van der Waals surface area (Å²) >= 11 is 0. The first kappa shape index (κ1) is 18.4. The number of likely N-dealkylation sites (tertiary alicyclic amines) is 1. The van der Waals surface area contributed by atoms with Gasteiger partial charge in [0.1, 0.15) is 5.54 Å². The van der Waals surface area contributed by atoms with Gasteiger partial charge in [-0.2, -0.15) is 0 Å². The van der Waals surface area contributed by atoms with Crippen LogP contribution in [0.1, 0.15) is 59.8 Å². The molecule has 0 aromatic heterocycles. The summed E-state index contributed by atoms with van der Waals surface area (Å²) in [6.07, 6.45) is 5.68. The van der Waals surface area contributed by atoms with Crippen LogP contribution in [0.15, 0.2) is 0 Å². The number of nitrogens with zero attached hydrogens (tertiary/aromatic N) is 1. The van der Waals surface area contributed by atoms with E-state index in [1.165, 1.54) is 33.0 Å². The van der Waals surface area contributed by atoms with E-state index in [9.17, 15) is 4.79 Å². The van der Waals surface area contributed by atoms with Gasteiger partial charge in [0.15, 0.2) is 0 Å². The van der Waals surface area contributed by atoms with E-state index < -0.39 is 5.54 Å². The zero-order valence-corrected chi connectivity index (χ0v) is 14.6. The van der Waals surface area contributed by atoms with E-state index in [0.717, 1.165) is 32.4 Å². The Morgan fingerprint density at radius 3 is 2.67 bits per heavy atom. The fourth-order valence-electron chi connectivity index (χ4n) is 3.43. The molecular formula is C17H34N2O2. The minimum absolute atomic E-state index is 0.150. The lowest BCUT2D eigenvalue weighted by Gasteiger charge is -2.38. The number of hydrogen-bond acceptors (Lipinski definition) is 4. The van der Waals surface area contributed by atoms with Crippen LogP contribution in [0, 0.1) is 5.41 Å². The molecule has 0 amide bonds. The minimum atomic E-state index is -0.537. The molecule has 4 heteroatoms. The van der Waals surface area contributed by atoms with Crippen molar-refractivity contribution in [3.8, 4) is 0 Å². The van der Waals surface area contributed by atoms with Crippen LogP contribution in [0.5, 0.6) is 0 Å². The molecular weight excluding hydrogens is 264 g/mol. The molecule has 0 aliphatic carbocycles. The maximum atomic E-state index is 11.9. The van der Waals surface area contributed by atoms with Crippen molar-refractivity contribution in [3.63, 3.8) is 0 Å². The van der Waals surface area contributed by atoms with Crippen molar-refractivity contribution in [3.05, 3.63) is 0 Å². The smallest absolute Gasteiger partial charge is 0.325 e. The lowest BCUT2D eigenvalue weighted by molar-refractivity contribution is -0.148. The first-order chi connectivity index (χ1) is 9.83. The molecule has 0 radical (unpaired) electrons. The number of esters is 1. The molecule has 124 valence electrons. The number of methoxy groups -OCH3 is 1. The number of piperidine rings is 1. The first-order valence-corrected chi connectivity index (χ1v) is 8.39. The van der Waals surface area contributed by atoms with Crippen LogP contribution in [-0.2, 0) is 9.53 Å². The van der Waals surface area contributed by atoms with Crippen LogP contribution in [0.3, 0.4) is 0 Å². The summed E-state index contributed by atoms with van der Waals surface area (Å²) < 4.78 is 4.93. The summed E-state index contributed by atoms with van der Waals surface area (Å²) in [6.45, 7) is 13.1. The van der Waals surface area contributed by atoms with E-state index in [2.05, 4.69) is 24.1 Å². The fourth-order valence-corrected chi connectivity index (χ4v) is 3.43. The van der Waals surface area contributed by atoms with Crippen molar-refractivity contribution >= 4 is 5.97 Å². The van der Waals surface area contributed by atoms with Crippen LogP contribution >= 0.6 is 0 Å². The average molecular weight is 298 g/mol. The van der Waals surface area contributed by atoms with Gasteiger partial charge in [0.05, 0.1) is 7.11 Å². The Kier molecular flexibility index (Phi) is 7.14. The Balaban J connectivity index is 2.33. The van der Waals surface area contributed by atoms with E-state index in [0.29, 0.717) is 5.41 Å². The van der Waals surface area contributed by atoms with E-state index in [-0.39, 0.29) is 5.97 Å². The predicted molar refractivity (Wildman–Crippen MR) is 87.4 cm³/mol. The SMILES string of the molecule is CCNC(C)(CCCCN1CCCC(C)(C)C1)C(=O)OC. The highest BCUT2D eigenvalue weighted by Gasteiger charge is 2.32. The summed E-state index contributed by atoms with van der Waals surface area (Å²) in [5.74, 6) is -0.150. The van der Waals surface area contributed by atoms with Gasteiger partial charge in [0, 0.05) is 6.54 Å². The molecule has 1 aliphatic rings. The lowest BCUT2D eigenvalue weighted by atomic mass is 9.84. The fraction of sp³-hybridized carbons (Fsp3) is 0.941. The zero-order valence-electron chi connectivity index (χ0n) is 14.6. The Bertz CT molecular complexity index is 331. The minimum Gasteiger partial charge on any atom is -0.468 e. The Labute approximate surface area is 130 Å². The highest BCUT2D eigenvalue weighted by atomic mass is 16.5. The zero-order chi connectivity index (χ0) is 15.9. The maximum Gasteiger partial charge on any atom is 0.325 e. The molecule has 0 aromatic carbocycles. The standard InChI is InChI=1S/C17H34N2O2/c1-6-18-17(4,15(20)21-5)11-7-8-12-19-13-9-10-16(2,3)14-19/h18H,6-14H2,1-5H3. The highest BCUT2D eigenvalue weighted by Crippen LogP contribution is 2.28. The molecule has 1 heterocycles. The molecule has 1 fully saturated rings. The number of unbranched alkanes of at least 4 members (excludes halogenated alkanes) is 1. The van der Waals surface area contributed by atoms with Crippen molar-refractivity contribution < 1.29 is 9.53 Å². The molecule has 1 N–H and O–H groups in total. The molecule has 1 saturated heterocycles. The summed E-state index contributed by atoms with van der Waals surface area (Å²) in [7, 11) is 1.47. The molecule has 0 saturated carbocycles. The summed E-state index contributed by atoms with van der Waals surface area (Å²) in [6, 6.07) is 0. The van der Waals surface area contributed by atoms with Crippen LogP contribution in [0.2, 0.25) is 0 Å². The molecule has 1 aliphatic heterocycles. The second-order valence-corrected chi connectivity index (χ2v) is 7.36. The number of carbonyl (C=O) groups is 1. The third-order valence-corrected chi connectivity index (χ3v) is 4.58. The average Bonchev–Trinajstić information content (AvgIpc) is 2.42. The van der Waals surface area contributed by atoms with Gasteiger partial charge < -0.3 is 15.0 Å². The first-order valence-electron chi connectivity index (χ1n) is 8.39. The van der Waals surface area contributed by atoms with E-state index >= 15 is 0 Å². The third kappa shape index (κ3) is 5.95. The van der Waals surface area contributed by atoms with Gasteiger partial charge in [-0.1, -0.05) is 20.8 Å². The van der Waals surface area contributed by atoms with Gasteiger partial charge >= 0.3 is 5.97 Å². The molecule has 1 atom stereocenters. The van der Waals surface area contributed by atoms with Crippen molar-refractivity contribution in [1.82, 2.24) is 10.2 Å². The quantitative estimate of drug-likeness (QED) is 0.553. The van der Waals surface area contributed by atoms with E-state index in [4.69, 9.17) is 4.74 Å². The maximum absolute atomic E-state index is 11.9. The second-order valence-electron chi connectivity index (χ2n) is 7.36. The molecule has 0 spiro atoms. The van der Waals surface area contributed by atoms with E-state index in [1.807, 2.05) is 13.8 Å². The van der Waals surface area contributed by atoms with Gasteiger partial charge in [0.2, 0.25) is 0 Å². The Morgan fingerprint density at radius 1 is 1.38 bits per heavy atom. The van der Waals surface area contributed by atoms with Crippen molar-refractivity contribution in [2.45, 2.75) is 65.3 Å². The normalized spacial score (nSPS) is 21.8. The number of carbonyl (C=O) groups excluding carboxylic acids is 1. The summed E-state index contributed by atoms with van der Waals surface area (Å²) in [5.41, 5.74) is -0.0762. The van der Waals surface area contributed by atoms with Crippen molar-refractivity contribution in [2.75, 3.05) is 33.3 Å². The third-order valence-electron chi connectivity index (χ3n) is 4.58. The van der Waals surface area contributed by atoms with Crippen LogP contribution in [0.4, 0.5) is 0 Å². The predicted octanol–water partition coefficient (Wildman–Crippen LogP) is 2.82. The second kappa shape index (κ2) is 8.14. The van der Waals surface area contributed by atoms with Gasteiger partial charge in [-0.25, -0.2) is 0 Å². The molecule has 1 rings (SSSR count). The van der Waals surface area contributed by atoms with Gasteiger partial charge in [-0.05, 0) is 64.1 Å². The van der Waals surface area contributed by atoms with E-state index in [1.54, 1.807) is 0 Å². The molecule has 0 aromatic rings.